The monoisotopic (exact) mass is 457 g/mol. The number of benzene rings is 1. The zero-order chi connectivity index (χ0) is 23.8. The van der Waals surface area contributed by atoms with Crippen molar-refractivity contribution in [2.75, 3.05) is 26.8 Å². The molecule has 2 saturated heterocycles. The lowest BCUT2D eigenvalue weighted by Crippen LogP contribution is -2.53. The molecule has 0 radical (unpaired) electrons. The first-order chi connectivity index (χ1) is 15.8. The number of carbonyl (C=O) groups excluding carboxylic acids is 4. The molecule has 1 aromatic rings. The second-order valence-electron chi connectivity index (χ2n) is 9.68. The summed E-state index contributed by atoms with van der Waals surface area (Å²) in [6.45, 7) is 5.05. The Hall–Kier alpha value is -3.10. The van der Waals surface area contributed by atoms with Crippen molar-refractivity contribution in [3.05, 3.63) is 24.3 Å². The average Bonchev–Trinajstić information content (AvgIpc) is 3.16. The van der Waals surface area contributed by atoms with Crippen LogP contribution in [-0.4, -0.2) is 67.8 Å². The van der Waals surface area contributed by atoms with E-state index >= 15 is 0 Å². The average molecular weight is 458 g/mol. The molecular formula is C24H31N3O6. The number of carbonyl (C=O) groups is 4. The lowest BCUT2D eigenvalue weighted by atomic mass is 9.97. The molecule has 4 rings (SSSR count). The highest BCUT2D eigenvalue weighted by Crippen LogP contribution is 2.64. The Morgan fingerprint density at radius 3 is 2.76 bits per heavy atom. The van der Waals surface area contributed by atoms with E-state index in [9.17, 15) is 19.2 Å². The Labute approximate surface area is 193 Å². The van der Waals surface area contributed by atoms with E-state index in [2.05, 4.69) is 24.5 Å². The summed E-state index contributed by atoms with van der Waals surface area (Å²) in [5.41, 5.74) is -0.0472. The van der Waals surface area contributed by atoms with E-state index in [1.165, 1.54) is 0 Å². The van der Waals surface area contributed by atoms with Gasteiger partial charge in [0.05, 0.1) is 13.2 Å². The minimum atomic E-state index is -0.766. The SMILES string of the molecule is COc1cccc(OCC(=O)N2C[C@H]3[C@@H](C2C(=O)N[C@H](C=O)C[C@@H]2CCNC2=O)C3(C)C)c1. The van der Waals surface area contributed by atoms with Gasteiger partial charge >= 0.3 is 0 Å². The predicted molar refractivity (Wildman–Crippen MR) is 118 cm³/mol. The van der Waals surface area contributed by atoms with Crippen LogP contribution in [0.5, 0.6) is 11.5 Å². The van der Waals surface area contributed by atoms with Gasteiger partial charge in [-0.1, -0.05) is 19.9 Å². The van der Waals surface area contributed by atoms with Gasteiger partial charge in [0.25, 0.3) is 5.91 Å². The number of methoxy groups -OCH3 is 1. The summed E-state index contributed by atoms with van der Waals surface area (Å²) in [6, 6.07) is 5.55. The van der Waals surface area contributed by atoms with Gasteiger partial charge in [-0.3, -0.25) is 14.4 Å². The third kappa shape index (κ3) is 4.54. The van der Waals surface area contributed by atoms with Crippen LogP contribution in [0.25, 0.3) is 0 Å². The summed E-state index contributed by atoms with van der Waals surface area (Å²) >= 11 is 0. The van der Waals surface area contributed by atoms with Crippen LogP contribution in [0.4, 0.5) is 0 Å². The number of piperidine rings is 1. The predicted octanol–water partition coefficient (Wildman–Crippen LogP) is 0.767. The van der Waals surface area contributed by atoms with Crippen molar-refractivity contribution in [1.29, 1.82) is 0 Å². The molecule has 33 heavy (non-hydrogen) atoms. The lowest BCUT2D eigenvalue weighted by Gasteiger charge is -2.31. The van der Waals surface area contributed by atoms with E-state index in [1.807, 2.05) is 0 Å². The minimum Gasteiger partial charge on any atom is -0.497 e. The first kappa shape index (κ1) is 23.1. The minimum absolute atomic E-state index is 0.0281. The molecule has 2 N–H and O–H groups in total. The van der Waals surface area contributed by atoms with Crippen LogP contribution in [0, 0.1) is 23.2 Å². The highest BCUT2D eigenvalue weighted by atomic mass is 16.5. The molecule has 0 spiro atoms. The normalized spacial score (nSPS) is 27.8. The quantitative estimate of drug-likeness (QED) is 0.530. The van der Waals surface area contributed by atoms with Gasteiger partial charge in [-0.25, -0.2) is 0 Å². The fraction of sp³-hybridized carbons (Fsp3) is 0.583. The van der Waals surface area contributed by atoms with E-state index in [-0.39, 0.29) is 53.9 Å². The Morgan fingerprint density at radius 2 is 2.09 bits per heavy atom. The maximum Gasteiger partial charge on any atom is 0.261 e. The number of likely N-dealkylation sites (tertiary alicyclic amines) is 1. The van der Waals surface area contributed by atoms with E-state index in [1.54, 1.807) is 36.3 Å². The van der Waals surface area contributed by atoms with E-state index < -0.39 is 12.1 Å². The third-order valence-corrected chi connectivity index (χ3v) is 7.39. The molecule has 0 aromatic heterocycles. The Kier molecular flexibility index (Phi) is 6.32. The Balaban J connectivity index is 1.41. The van der Waals surface area contributed by atoms with Gasteiger partial charge < -0.3 is 29.8 Å². The molecule has 1 unspecified atom stereocenters. The zero-order valence-corrected chi connectivity index (χ0v) is 19.2. The van der Waals surface area contributed by atoms with Crippen molar-refractivity contribution in [2.45, 2.75) is 38.8 Å². The Morgan fingerprint density at radius 1 is 1.33 bits per heavy atom. The van der Waals surface area contributed by atoms with Crippen LogP contribution in [0.1, 0.15) is 26.7 Å². The van der Waals surface area contributed by atoms with E-state index in [4.69, 9.17) is 9.47 Å². The molecule has 1 aromatic carbocycles. The summed E-state index contributed by atoms with van der Waals surface area (Å²) in [4.78, 5) is 51.3. The summed E-state index contributed by atoms with van der Waals surface area (Å²) < 4.78 is 10.8. The number of amides is 3. The van der Waals surface area contributed by atoms with Gasteiger partial charge in [-0.05, 0) is 42.2 Å². The zero-order valence-electron chi connectivity index (χ0n) is 19.2. The van der Waals surface area contributed by atoms with E-state index in [0.717, 1.165) is 0 Å². The van der Waals surface area contributed by atoms with Gasteiger partial charge in [0.15, 0.2) is 6.61 Å². The molecule has 0 bridgehead atoms. The summed E-state index contributed by atoms with van der Waals surface area (Å²) in [5.74, 6) is 0.373. The van der Waals surface area contributed by atoms with Crippen LogP contribution >= 0.6 is 0 Å². The number of hydrogen-bond donors (Lipinski definition) is 2. The largest absolute Gasteiger partial charge is 0.497 e. The maximum atomic E-state index is 13.2. The third-order valence-electron chi connectivity index (χ3n) is 7.39. The highest BCUT2D eigenvalue weighted by molar-refractivity contribution is 5.91. The van der Waals surface area contributed by atoms with Crippen LogP contribution in [0.3, 0.4) is 0 Å². The van der Waals surface area contributed by atoms with Crippen molar-refractivity contribution < 1.29 is 28.7 Å². The molecule has 9 nitrogen and oxygen atoms in total. The number of rotatable bonds is 9. The van der Waals surface area contributed by atoms with Gasteiger partial charge in [-0.15, -0.1) is 0 Å². The molecule has 3 amide bonds. The van der Waals surface area contributed by atoms with Crippen molar-refractivity contribution >= 4 is 24.0 Å². The number of fused-ring (bicyclic) bond motifs is 1. The molecule has 3 fully saturated rings. The number of nitrogens with one attached hydrogen (secondary N) is 2. The second kappa shape index (κ2) is 9.03. The van der Waals surface area contributed by atoms with Crippen LogP contribution in [0.2, 0.25) is 0 Å². The summed E-state index contributed by atoms with van der Waals surface area (Å²) in [7, 11) is 1.55. The van der Waals surface area contributed by atoms with Crippen LogP contribution in [-0.2, 0) is 19.2 Å². The topological polar surface area (TPSA) is 114 Å². The van der Waals surface area contributed by atoms with Crippen LogP contribution < -0.4 is 20.1 Å². The van der Waals surface area contributed by atoms with Gasteiger partial charge in [-0.2, -0.15) is 0 Å². The summed E-state index contributed by atoms with van der Waals surface area (Å²) in [5, 5.41) is 5.53. The smallest absolute Gasteiger partial charge is 0.261 e. The van der Waals surface area contributed by atoms with Crippen molar-refractivity contribution in [2.24, 2.45) is 23.2 Å². The molecule has 2 aliphatic heterocycles. The highest BCUT2D eigenvalue weighted by Gasteiger charge is 2.69. The molecule has 3 aliphatic rings. The van der Waals surface area contributed by atoms with Crippen molar-refractivity contribution in [3.63, 3.8) is 0 Å². The lowest BCUT2D eigenvalue weighted by molar-refractivity contribution is -0.142. The molecule has 2 heterocycles. The second-order valence-corrected chi connectivity index (χ2v) is 9.68. The summed E-state index contributed by atoms with van der Waals surface area (Å²) in [6.07, 6.45) is 1.58. The first-order valence-electron chi connectivity index (χ1n) is 11.4. The number of ether oxygens (including phenoxy) is 2. The number of nitrogens with zero attached hydrogens (tertiary/aromatic N) is 1. The fourth-order valence-electron chi connectivity index (χ4n) is 5.36. The Bertz CT molecular complexity index is 948. The maximum absolute atomic E-state index is 13.2. The van der Waals surface area contributed by atoms with Crippen molar-refractivity contribution in [3.8, 4) is 11.5 Å². The van der Waals surface area contributed by atoms with Crippen LogP contribution in [0.15, 0.2) is 24.3 Å². The number of hydrogen-bond acceptors (Lipinski definition) is 6. The molecule has 1 saturated carbocycles. The van der Waals surface area contributed by atoms with Gasteiger partial charge in [0, 0.05) is 25.1 Å². The molecular weight excluding hydrogens is 426 g/mol. The van der Waals surface area contributed by atoms with Crippen molar-refractivity contribution in [1.82, 2.24) is 15.5 Å². The van der Waals surface area contributed by atoms with E-state index in [0.29, 0.717) is 37.3 Å². The molecule has 5 atom stereocenters. The fourth-order valence-corrected chi connectivity index (χ4v) is 5.36. The molecule has 1 aliphatic carbocycles. The first-order valence-corrected chi connectivity index (χ1v) is 11.4. The molecule has 9 heteroatoms. The van der Waals surface area contributed by atoms with Gasteiger partial charge in [0.2, 0.25) is 11.8 Å². The molecule has 178 valence electrons. The standard InChI is InChI=1S/C24H31N3O6/c1-24(2)18-11-27(19(29)13-33-17-6-4-5-16(10-17)32-3)21(20(18)24)23(31)26-15(12-28)9-14-7-8-25-22(14)30/h4-6,10,12,14-15,18,20-21H,7-9,11,13H2,1-3H3,(H,25,30)(H,26,31)/t14-,15-,18-,20-,21?/m0/s1. The number of aldehydes is 1. The van der Waals surface area contributed by atoms with Gasteiger partial charge in [0.1, 0.15) is 23.8 Å².